The first-order chi connectivity index (χ1) is 8.59. The van der Waals surface area contributed by atoms with Crippen molar-refractivity contribution in [1.82, 2.24) is 0 Å². The highest BCUT2D eigenvalue weighted by Crippen LogP contribution is 2.31. The van der Waals surface area contributed by atoms with Gasteiger partial charge >= 0.3 is 0 Å². The molecule has 0 fully saturated rings. The predicted molar refractivity (Wildman–Crippen MR) is 69.2 cm³/mol. The van der Waals surface area contributed by atoms with Crippen molar-refractivity contribution >= 4 is 28.9 Å². The van der Waals surface area contributed by atoms with E-state index in [1.165, 1.54) is 12.1 Å². The van der Waals surface area contributed by atoms with Crippen molar-refractivity contribution in [3.05, 3.63) is 63.7 Å². The van der Waals surface area contributed by atoms with E-state index in [4.69, 9.17) is 17.3 Å². The van der Waals surface area contributed by atoms with Crippen LogP contribution in [0.1, 0.15) is 31.8 Å². The summed E-state index contributed by atoms with van der Waals surface area (Å²) in [5, 5.41) is 0.286. The van der Waals surface area contributed by atoms with Crippen molar-refractivity contribution in [2.45, 2.75) is 0 Å². The van der Waals surface area contributed by atoms with Gasteiger partial charge in [0.25, 0.3) is 0 Å². The molecule has 0 spiro atoms. The number of hydrogen-bond acceptors (Lipinski definition) is 3. The zero-order chi connectivity index (χ0) is 12.9. The van der Waals surface area contributed by atoms with Crippen LogP contribution in [0.5, 0.6) is 0 Å². The lowest BCUT2D eigenvalue weighted by molar-refractivity contribution is 0.0979. The number of carbonyl (C=O) groups excluding carboxylic acids is 2. The Morgan fingerprint density at radius 2 is 1.33 bits per heavy atom. The molecule has 88 valence electrons. The zero-order valence-electron chi connectivity index (χ0n) is 9.24. The summed E-state index contributed by atoms with van der Waals surface area (Å²) >= 11 is 5.90. The Balaban J connectivity index is 2.34. The number of hydrogen-bond donors (Lipinski definition) is 1. The first-order valence-electron chi connectivity index (χ1n) is 5.37. The molecule has 0 aliphatic heterocycles. The third-order valence-corrected chi connectivity index (χ3v) is 3.37. The van der Waals surface area contributed by atoms with Crippen molar-refractivity contribution < 1.29 is 9.59 Å². The highest BCUT2D eigenvalue weighted by atomic mass is 35.5. The van der Waals surface area contributed by atoms with Crippen LogP contribution in [-0.2, 0) is 0 Å². The minimum atomic E-state index is -0.192. The standard InChI is InChI=1S/C14H8ClNO2/c15-11-5-9-10(6-12(11)16)14(18)8-4-2-1-3-7(8)13(9)17/h1-6H,16H2. The number of rotatable bonds is 0. The van der Waals surface area contributed by atoms with E-state index in [-0.39, 0.29) is 16.6 Å². The number of halogens is 1. The second-order valence-electron chi connectivity index (χ2n) is 4.12. The highest BCUT2D eigenvalue weighted by molar-refractivity contribution is 6.35. The van der Waals surface area contributed by atoms with E-state index in [1.807, 2.05) is 0 Å². The maximum absolute atomic E-state index is 12.3. The van der Waals surface area contributed by atoms with E-state index in [2.05, 4.69) is 0 Å². The van der Waals surface area contributed by atoms with E-state index >= 15 is 0 Å². The summed E-state index contributed by atoms with van der Waals surface area (Å²) in [7, 11) is 0. The number of carbonyl (C=O) groups is 2. The first-order valence-corrected chi connectivity index (χ1v) is 5.75. The van der Waals surface area contributed by atoms with Gasteiger partial charge in [-0.3, -0.25) is 9.59 Å². The quantitative estimate of drug-likeness (QED) is 0.630. The van der Waals surface area contributed by atoms with Crippen LogP contribution in [-0.4, -0.2) is 11.6 Å². The fourth-order valence-corrected chi connectivity index (χ4v) is 2.30. The van der Waals surface area contributed by atoms with Gasteiger partial charge in [0.15, 0.2) is 11.6 Å². The first kappa shape index (κ1) is 11.0. The Labute approximate surface area is 108 Å². The molecule has 0 saturated carbocycles. The molecule has 0 atom stereocenters. The lowest BCUT2D eigenvalue weighted by atomic mass is 9.84. The van der Waals surface area contributed by atoms with Crippen LogP contribution in [0.3, 0.4) is 0 Å². The third kappa shape index (κ3) is 1.38. The lowest BCUT2D eigenvalue weighted by Crippen LogP contribution is -2.21. The summed E-state index contributed by atoms with van der Waals surface area (Å²) in [6.07, 6.45) is 0. The van der Waals surface area contributed by atoms with Crippen LogP contribution in [0.15, 0.2) is 36.4 Å². The van der Waals surface area contributed by atoms with Gasteiger partial charge in [0.2, 0.25) is 0 Å². The van der Waals surface area contributed by atoms with Gasteiger partial charge in [0.05, 0.1) is 10.7 Å². The van der Waals surface area contributed by atoms with Crippen molar-refractivity contribution in [3.63, 3.8) is 0 Å². The van der Waals surface area contributed by atoms with Gasteiger partial charge in [-0.2, -0.15) is 0 Å². The van der Waals surface area contributed by atoms with Crippen molar-refractivity contribution in [2.75, 3.05) is 5.73 Å². The van der Waals surface area contributed by atoms with Gasteiger partial charge in [-0.05, 0) is 12.1 Å². The molecule has 0 bridgehead atoms. The number of benzene rings is 2. The van der Waals surface area contributed by atoms with Crippen LogP contribution in [0.2, 0.25) is 5.02 Å². The molecule has 3 nitrogen and oxygen atoms in total. The molecule has 4 heteroatoms. The van der Waals surface area contributed by atoms with E-state index in [1.54, 1.807) is 24.3 Å². The van der Waals surface area contributed by atoms with Gasteiger partial charge in [-0.25, -0.2) is 0 Å². The molecule has 18 heavy (non-hydrogen) atoms. The second kappa shape index (κ2) is 3.68. The molecule has 0 aromatic heterocycles. The summed E-state index contributed by atoms with van der Waals surface area (Å²) in [6.45, 7) is 0. The summed E-state index contributed by atoms with van der Waals surface area (Å²) in [4.78, 5) is 24.5. The Hall–Kier alpha value is -2.13. The monoisotopic (exact) mass is 257 g/mol. The fraction of sp³-hybridized carbons (Fsp3) is 0. The van der Waals surface area contributed by atoms with Crippen molar-refractivity contribution in [1.29, 1.82) is 0 Å². The molecule has 1 aliphatic carbocycles. The number of nitrogen functional groups attached to an aromatic ring is 1. The van der Waals surface area contributed by atoms with Gasteiger partial charge in [0, 0.05) is 22.3 Å². The normalized spacial score (nSPS) is 13.2. The molecule has 1 aliphatic rings. The number of ketones is 2. The third-order valence-electron chi connectivity index (χ3n) is 3.04. The average Bonchev–Trinajstić information content (AvgIpc) is 2.38. The van der Waals surface area contributed by atoms with Crippen LogP contribution >= 0.6 is 11.6 Å². The molecule has 2 aromatic rings. The summed E-state index contributed by atoms with van der Waals surface area (Å²) < 4.78 is 0. The van der Waals surface area contributed by atoms with Gasteiger partial charge in [-0.15, -0.1) is 0 Å². The SMILES string of the molecule is Nc1cc2c(cc1Cl)C(=O)c1ccccc1C2=O. The largest absolute Gasteiger partial charge is 0.398 e. The number of nitrogens with two attached hydrogens (primary N) is 1. The Morgan fingerprint density at radius 3 is 1.89 bits per heavy atom. The molecule has 3 rings (SSSR count). The van der Waals surface area contributed by atoms with E-state index in [9.17, 15) is 9.59 Å². The molecule has 0 radical (unpaired) electrons. The summed E-state index contributed by atoms with van der Waals surface area (Å²) in [5.74, 6) is -0.384. The van der Waals surface area contributed by atoms with Gasteiger partial charge in [0.1, 0.15) is 0 Å². The molecule has 0 saturated heterocycles. The van der Waals surface area contributed by atoms with Crippen molar-refractivity contribution in [3.8, 4) is 0 Å². The maximum Gasteiger partial charge on any atom is 0.194 e. The topological polar surface area (TPSA) is 60.2 Å². The van der Waals surface area contributed by atoms with Crippen LogP contribution in [0, 0.1) is 0 Å². The fourth-order valence-electron chi connectivity index (χ4n) is 2.14. The van der Waals surface area contributed by atoms with E-state index < -0.39 is 0 Å². The Morgan fingerprint density at radius 1 is 0.833 bits per heavy atom. The second-order valence-corrected chi connectivity index (χ2v) is 4.53. The molecular formula is C14H8ClNO2. The zero-order valence-corrected chi connectivity index (χ0v) is 9.99. The molecule has 0 heterocycles. The van der Waals surface area contributed by atoms with Crippen LogP contribution < -0.4 is 5.73 Å². The summed E-state index contributed by atoms with van der Waals surface area (Å²) in [5.41, 5.74) is 7.44. The number of fused-ring (bicyclic) bond motifs is 2. The van der Waals surface area contributed by atoms with Gasteiger partial charge in [-0.1, -0.05) is 35.9 Å². The Bertz CT molecular complexity index is 647. The molecular weight excluding hydrogens is 250 g/mol. The van der Waals surface area contributed by atoms with Crippen molar-refractivity contribution in [2.24, 2.45) is 0 Å². The minimum absolute atomic E-state index is 0.191. The van der Waals surface area contributed by atoms with E-state index in [0.717, 1.165) is 0 Å². The smallest absolute Gasteiger partial charge is 0.194 e. The lowest BCUT2D eigenvalue weighted by Gasteiger charge is -2.17. The van der Waals surface area contributed by atoms with E-state index in [0.29, 0.717) is 27.9 Å². The predicted octanol–water partition coefficient (Wildman–Crippen LogP) is 2.70. The average molecular weight is 258 g/mol. The van der Waals surface area contributed by atoms with Crippen LogP contribution in [0.4, 0.5) is 5.69 Å². The molecule has 0 amide bonds. The Kier molecular flexibility index (Phi) is 2.25. The minimum Gasteiger partial charge on any atom is -0.398 e. The van der Waals surface area contributed by atoms with Crippen LogP contribution in [0.25, 0.3) is 0 Å². The molecule has 2 aromatic carbocycles. The molecule has 2 N–H and O–H groups in total. The maximum atomic E-state index is 12.3. The summed E-state index contributed by atoms with van der Waals surface area (Å²) in [6, 6.07) is 9.67. The highest BCUT2D eigenvalue weighted by Gasteiger charge is 2.29. The van der Waals surface area contributed by atoms with Gasteiger partial charge < -0.3 is 5.73 Å². The molecule has 0 unspecified atom stereocenters. The number of anilines is 1.